The van der Waals surface area contributed by atoms with Gasteiger partial charge in [-0.25, -0.2) is 4.39 Å². The smallest absolute Gasteiger partial charge is 0.239 e. The number of rotatable bonds is 6. The van der Waals surface area contributed by atoms with Crippen LogP contribution in [0.4, 0.5) is 4.39 Å². The van der Waals surface area contributed by atoms with Gasteiger partial charge in [0.2, 0.25) is 5.91 Å². The van der Waals surface area contributed by atoms with Gasteiger partial charge in [-0.1, -0.05) is 12.1 Å². The van der Waals surface area contributed by atoms with Crippen LogP contribution in [-0.2, 0) is 11.3 Å². The van der Waals surface area contributed by atoms with Crippen LogP contribution in [0.15, 0.2) is 53.4 Å². The zero-order valence-electron chi connectivity index (χ0n) is 15.9. The molecule has 144 valence electrons. The van der Waals surface area contributed by atoms with Crippen LogP contribution in [0.2, 0.25) is 0 Å². The van der Waals surface area contributed by atoms with E-state index in [0.29, 0.717) is 11.8 Å². The summed E-state index contributed by atoms with van der Waals surface area (Å²) >= 11 is 1.79. The van der Waals surface area contributed by atoms with E-state index in [1.54, 1.807) is 50.0 Å². The molecule has 3 rings (SSSR count). The Bertz CT molecular complexity index is 765. The van der Waals surface area contributed by atoms with Gasteiger partial charge in [0.15, 0.2) is 0 Å². The second kappa shape index (κ2) is 8.76. The topological polar surface area (TPSA) is 32.8 Å². The van der Waals surface area contributed by atoms with Crippen molar-refractivity contribution in [3.8, 4) is 5.75 Å². The van der Waals surface area contributed by atoms with Crippen LogP contribution < -0.4 is 4.74 Å². The van der Waals surface area contributed by atoms with Crippen LogP contribution in [0.1, 0.15) is 12.0 Å². The minimum absolute atomic E-state index is 0.120. The fourth-order valence-electron chi connectivity index (χ4n) is 3.35. The molecule has 1 aliphatic rings. The van der Waals surface area contributed by atoms with Gasteiger partial charge in [0.1, 0.15) is 11.6 Å². The molecule has 1 heterocycles. The Morgan fingerprint density at radius 1 is 1.19 bits per heavy atom. The van der Waals surface area contributed by atoms with Gasteiger partial charge in [0.05, 0.1) is 13.2 Å². The van der Waals surface area contributed by atoms with E-state index in [4.69, 9.17) is 4.74 Å². The Labute approximate surface area is 164 Å². The number of hydrogen-bond acceptors (Lipinski definition) is 4. The van der Waals surface area contributed by atoms with Crippen molar-refractivity contribution in [1.82, 2.24) is 9.80 Å². The van der Waals surface area contributed by atoms with Crippen molar-refractivity contribution >= 4 is 17.7 Å². The van der Waals surface area contributed by atoms with E-state index in [9.17, 15) is 9.18 Å². The van der Waals surface area contributed by atoms with Crippen molar-refractivity contribution < 1.29 is 13.9 Å². The molecule has 1 fully saturated rings. The summed E-state index contributed by atoms with van der Waals surface area (Å²) in [5.41, 5.74) is 1.02. The first-order valence-electron chi connectivity index (χ1n) is 8.96. The number of halogens is 1. The molecule has 0 saturated carbocycles. The molecule has 0 radical (unpaired) electrons. The van der Waals surface area contributed by atoms with Gasteiger partial charge in [-0.05, 0) is 48.4 Å². The van der Waals surface area contributed by atoms with Crippen molar-refractivity contribution in [2.75, 3.05) is 27.7 Å². The van der Waals surface area contributed by atoms with E-state index in [-0.39, 0.29) is 17.8 Å². The molecule has 0 aliphatic carbocycles. The van der Waals surface area contributed by atoms with Crippen LogP contribution in [0, 0.1) is 5.82 Å². The van der Waals surface area contributed by atoms with E-state index in [1.807, 2.05) is 12.1 Å². The lowest BCUT2D eigenvalue weighted by molar-refractivity contribution is -0.133. The van der Waals surface area contributed by atoms with E-state index in [2.05, 4.69) is 17.0 Å². The first-order valence-corrected chi connectivity index (χ1v) is 9.84. The third-order valence-electron chi connectivity index (χ3n) is 4.75. The van der Waals surface area contributed by atoms with Crippen molar-refractivity contribution in [2.24, 2.45) is 0 Å². The summed E-state index contributed by atoms with van der Waals surface area (Å²) in [6.07, 6.45) is 0.800. The number of likely N-dealkylation sites (N-methyl/N-ethyl adjacent to an activating group) is 1. The number of carbonyl (C=O) groups is 1. The fraction of sp³-hybridized carbons (Fsp3) is 0.381. The minimum Gasteiger partial charge on any atom is -0.497 e. The van der Waals surface area contributed by atoms with E-state index < -0.39 is 0 Å². The first kappa shape index (κ1) is 19.7. The van der Waals surface area contributed by atoms with Gasteiger partial charge >= 0.3 is 0 Å². The monoisotopic (exact) mass is 388 g/mol. The second-order valence-corrected chi connectivity index (χ2v) is 8.33. The highest BCUT2D eigenvalue weighted by Gasteiger charge is 2.37. The second-order valence-electron chi connectivity index (χ2n) is 6.96. The zero-order chi connectivity index (χ0) is 19.4. The zero-order valence-corrected chi connectivity index (χ0v) is 16.7. The average molecular weight is 389 g/mol. The Hall–Kier alpha value is -2.05. The van der Waals surface area contributed by atoms with Gasteiger partial charge in [0, 0.05) is 37.3 Å². The third-order valence-corrected chi connectivity index (χ3v) is 5.97. The molecule has 0 spiro atoms. The minimum atomic E-state index is -0.242. The van der Waals surface area contributed by atoms with E-state index in [0.717, 1.165) is 24.3 Å². The lowest BCUT2D eigenvalue weighted by atomic mass is 10.1. The predicted molar refractivity (Wildman–Crippen MR) is 107 cm³/mol. The Kier molecular flexibility index (Phi) is 6.39. The molecule has 0 bridgehead atoms. The average Bonchev–Trinajstić information content (AvgIpc) is 3.05. The molecule has 2 aromatic carbocycles. The molecule has 1 aliphatic heterocycles. The molecular formula is C21H25FN2O2S. The third kappa shape index (κ3) is 5.02. The van der Waals surface area contributed by atoms with Gasteiger partial charge in [-0.15, -0.1) is 11.8 Å². The van der Waals surface area contributed by atoms with Crippen LogP contribution in [0.5, 0.6) is 5.75 Å². The maximum absolute atomic E-state index is 13.2. The van der Waals surface area contributed by atoms with Gasteiger partial charge < -0.3 is 9.64 Å². The van der Waals surface area contributed by atoms with Crippen LogP contribution in [0.3, 0.4) is 0 Å². The molecule has 27 heavy (non-hydrogen) atoms. The van der Waals surface area contributed by atoms with E-state index >= 15 is 0 Å². The quantitative estimate of drug-likeness (QED) is 0.756. The maximum Gasteiger partial charge on any atom is 0.239 e. The molecule has 0 N–H and O–H groups in total. The number of methoxy groups -OCH3 is 1. The summed E-state index contributed by atoms with van der Waals surface area (Å²) in [4.78, 5) is 17.7. The number of thioether (sulfide) groups is 1. The summed E-state index contributed by atoms with van der Waals surface area (Å²) in [5.74, 6) is 0.716. The van der Waals surface area contributed by atoms with Crippen molar-refractivity contribution in [3.63, 3.8) is 0 Å². The molecule has 1 saturated heterocycles. The molecule has 2 atom stereocenters. The Morgan fingerprint density at radius 2 is 1.85 bits per heavy atom. The van der Waals surface area contributed by atoms with Crippen molar-refractivity contribution in [2.45, 2.75) is 29.2 Å². The van der Waals surface area contributed by atoms with Gasteiger partial charge in [-0.2, -0.15) is 0 Å². The molecule has 0 unspecified atom stereocenters. The highest BCUT2D eigenvalue weighted by atomic mass is 32.2. The van der Waals surface area contributed by atoms with Gasteiger partial charge in [0.25, 0.3) is 0 Å². The molecule has 4 nitrogen and oxygen atoms in total. The lowest BCUT2D eigenvalue weighted by Gasteiger charge is -2.25. The maximum atomic E-state index is 13.2. The van der Waals surface area contributed by atoms with Crippen LogP contribution in [-0.4, -0.2) is 54.7 Å². The summed E-state index contributed by atoms with van der Waals surface area (Å²) in [6, 6.07) is 14.4. The fourth-order valence-corrected chi connectivity index (χ4v) is 4.57. The summed E-state index contributed by atoms with van der Waals surface area (Å²) in [6.45, 7) is 1.46. The first-order chi connectivity index (χ1) is 13.0. The number of nitrogens with zero attached hydrogens (tertiary/aromatic N) is 2. The highest BCUT2D eigenvalue weighted by molar-refractivity contribution is 8.00. The molecule has 2 aromatic rings. The molecule has 1 amide bonds. The molecule has 6 heteroatoms. The largest absolute Gasteiger partial charge is 0.497 e. The summed E-state index contributed by atoms with van der Waals surface area (Å²) < 4.78 is 18.4. The normalized spacial score (nSPS) is 19.9. The molecule has 0 aromatic heterocycles. The van der Waals surface area contributed by atoms with E-state index in [1.165, 1.54) is 17.0 Å². The number of carbonyl (C=O) groups excluding carboxylic acids is 1. The highest BCUT2D eigenvalue weighted by Crippen LogP contribution is 2.34. The predicted octanol–water partition coefficient (Wildman–Crippen LogP) is 3.66. The summed E-state index contributed by atoms with van der Waals surface area (Å²) in [5, 5.41) is 0.327. The Balaban J connectivity index is 1.71. The van der Waals surface area contributed by atoms with Gasteiger partial charge in [-0.3, -0.25) is 9.69 Å². The number of benzene rings is 2. The SMILES string of the molecule is COc1ccc(S[C@@H]2C[C@@H](C(=O)N(C)C)N(Cc3ccc(F)cc3)C2)cc1. The number of hydrogen-bond donors (Lipinski definition) is 0. The molecular weight excluding hydrogens is 363 g/mol. The summed E-state index contributed by atoms with van der Waals surface area (Å²) in [7, 11) is 5.24. The number of ether oxygens (including phenoxy) is 1. The number of likely N-dealkylation sites (tertiary alicyclic amines) is 1. The number of amides is 1. The van der Waals surface area contributed by atoms with Crippen LogP contribution >= 0.6 is 11.8 Å². The Morgan fingerprint density at radius 3 is 2.44 bits per heavy atom. The van der Waals surface area contributed by atoms with Crippen molar-refractivity contribution in [1.29, 1.82) is 0 Å². The standard InChI is InChI=1S/C21H25FN2O2S/c1-23(2)21(25)20-12-19(27-18-10-8-17(26-3)9-11-18)14-24(20)13-15-4-6-16(22)7-5-15/h4-11,19-20H,12-14H2,1-3H3/t19-,20+/m1/s1. The van der Waals surface area contributed by atoms with Crippen molar-refractivity contribution in [3.05, 3.63) is 59.9 Å². The van der Waals surface area contributed by atoms with Crippen LogP contribution in [0.25, 0.3) is 0 Å². The lowest BCUT2D eigenvalue weighted by Crippen LogP contribution is -2.42.